The summed E-state index contributed by atoms with van der Waals surface area (Å²) >= 11 is 0. The number of ether oxygens (including phenoxy) is 1. The third kappa shape index (κ3) is 2.78. The summed E-state index contributed by atoms with van der Waals surface area (Å²) in [6.45, 7) is 8.78. The highest BCUT2D eigenvalue weighted by molar-refractivity contribution is 5.54. The molecule has 1 aliphatic rings. The Kier molecular flexibility index (Phi) is 4.29. The highest BCUT2D eigenvalue weighted by atomic mass is 16.5. The van der Waals surface area contributed by atoms with Gasteiger partial charge in [-0.2, -0.15) is 5.10 Å². The molecule has 22 heavy (non-hydrogen) atoms. The zero-order valence-corrected chi connectivity index (χ0v) is 13.2. The van der Waals surface area contributed by atoms with E-state index in [0.29, 0.717) is 6.04 Å². The van der Waals surface area contributed by atoms with Crippen molar-refractivity contribution in [3.63, 3.8) is 0 Å². The molecule has 1 fully saturated rings. The van der Waals surface area contributed by atoms with E-state index >= 15 is 0 Å². The monoisotopic (exact) mass is 301 g/mol. The quantitative estimate of drug-likeness (QED) is 0.888. The molecule has 2 aromatic rings. The Bertz CT molecular complexity index is 739. The van der Waals surface area contributed by atoms with E-state index in [1.807, 2.05) is 25.6 Å². The molecule has 118 valence electrons. The average molecular weight is 301 g/mol. The molecule has 1 aliphatic heterocycles. The van der Waals surface area contributed by atoms with Crippen LogP contribution in [0.3, 0.4) is 0 Å². The van der Waals surface area contributed by atoms with E-state index in [1.54, 1.807) is 4.68 Å². The summed E-state index contributed by atoms with van der Waals surface area (Å²) in [6.07, 6.45) is 7.78. The summed E-state index contributed by atoms with van der Waals surface area (Å²) in [7, 11) is 1.92. The van der Waals surface area contributed by atoms with Gasteiger partial charge in [-0.15, -0.1) is 0 Å². The van der Waals surface area contributed by atoms with Crippen molar-refractivity contribution in [2.24, 2.45) is 7.05 Å². The maximum atomic E-state index is 5.49. The number of nitrogens with one attached hydrogen (secondary N) is 1. The van der Waals surface area contributed by atoms with Gasteiger partial charge in [0.15, 0.2) is 0 Å². The van der Waals surface area contributed by atoms with E-state index in [0.717, 1.165) is 54.7 Å². The summed E-state index contributed by atoms with van der Waals surface area (Å²) in [4.78, 5) is 4.79. The topological polar surface area (TPSA) is 56.9 Å². The predicted molar refractivity (Wildman–Crippen MR) is 86.4 cm³/mol. The minimum atomic E-state index is 0.382. The second kappa shape index (κ2) is 6.36. The first-order chi connectivity index (χ1) is 10.7. The van der Waals surface area contributed by atoms with Gasteiger partial charge in [-0.1, -0.05) is 6.58 Å². The van der Waals surface area contributed by atoms with Crippen LogP contribution in [-0.4, -0.2) is 39.1 Å². The molecule has 0 aromatic carbocycles. The molecule has 3 heterocycles. The highest BCUT2D eigenvalue weighted by Crippen LogP contribution is 2.24. The van der Waals surface area contributed by atoms with E-state index in [-0.39, 0.29) is 0 Å². The molecule has 0 amide bonds. The van der Waals surface area contributed by atoms with Gasteiger partial charge in [0.05, 0.1) is 17.1 Å². The molecule has 2 aromatic heterocycles. The number of imidazole rings is 1. The molecule has 0 bridgehead atoms. The Hall–Kier alpha value is -2.08. The first-order valence-corrected chi connectivity index (χ1v) is 7.78. The van der Waals surface area contributed by atoms with Crippen LogP contribution in [-0.2, 0) is 11.8 Å². The van der Waals surface area contributed by atoms with Gasteiger partial charge in [-0.05, 0) is 19.8 Å². The molecular formula is C16H23N5O. The second-order valence-corrected chi connectivity index (χ2v) is 5.59. The number of aryl methyl sites for hydroxylation is 1. The number of nitrogens with zero attached hydrogens (tertiary/aromatic N) is 4. The van der Waals surface area contributed by atoms with Gasteiger partial charge in [0.1, 0.15) is 11.2 Å². The molecule has 0 atom stereocenters. The largest absolute Gasteiger partial charge is 0.389 e. The maximum absolute atomic E-state index is 5.49. The zero-order chi connectivity index (χ0) is 15.5. The predicted octanol–water partition coefficient (Wildman–Crippen LogP) is 0.393. The fourth-order valence-corrected chi connectivity index (χ4v) is 2.88. The highest BCUT2D eigenvalue weighted by Gasteiger charge is 2.21. The molecule has 0 saturated carbocycles. The van der Waals surface area contributed by atoms with Crippen molar-refractivity contribution in [2.45, 2.75) is 25.8 Å². The van der Waals surface area contributed by atoms with Crippen molar-refractivity contribution in [3.8, 4) is 11.4 Å². The van der Waals surface area contributed by atoms with Gasteiger partial charge in [0.2, 0.25) is 0 Å². The van der Waals surface area contributed by atoms with E-state index < -0.39 is 0 Å². The van der Waals surface area contributed by atoms with Crippen molar-refractivity contribution in [1.29, 1.82) is 0 Å². The zero-order valence-electron chi connectivity index (χ0n) is 13.2. The molecule has 6 nitrogen and oxygen atoms in total. The van der Waals surface area contributed by atoms with E-state index in [4.69, 9.17) is 9.72 Å². The standard InChI is InChI=1S/C16H23N5O/c1-4-17-10-15-12(2)21(14-5-7-22-8-6-14)16(19-15)13-9-18-20(3)11-13/h9-11,14,17H,2,4-8H2,1,3H3/b15-10+. The van der Waals surface area contributed by atoms with Crippen LogP contribution in [0.4, 0.5) is 0 Å². The molecule has 0 unspecified atom stereocenters. The fraction of sp³-hybridized carbons (Fsp3) is 0.500. The second-order valence-electron chi connectivity index (χ2n) is 5.59. The first kappa shape index (κ1) is 14.8. The molecule has 0 spiro atoms. The van der Waals surface area contributed by atoms with Crippen LogP contribution in [0.15, 0.2) is 12.4 Å². The number of rotatable bonds is 4. The van der Waals surface area contributed by atoms with Gasteiger partial charge < -0.3 is 14.6 Å². The van der Waals surface area contributed by atoms with Crippen LogP contribution in [0, 0.1) is 0 Å². The molecular weight excluding hydrogens is 278 g/mol. The minimum absolute atomic E-state index is 0.382. The van der Waals surface area contributed by atoms with Crippen LogP contribution in [0.2, 0.25) is 0 Å². The van der Waals surface area contributed by atoms with Crippen LogP contribution < -0.4 is 16.0 Å². The number of hydrogen-bond donors (Lipinski definition) is 1. The summed E-state index contributed by atoms with van der Waals surface area (Å²) < 4.78 is 9.54. The Morgan fingerprint density at radius 3 is 2.86 bits per heavy atom. The van der Waals surface area contributed by atoms with Crippen LogP contribution in [0.1, 0.15) is 25.8 Å². The van der Waals surface area contributed by atoms with E-state index in [9.17, 15) is 0 Å². The SMILES string of the molecule is C=c1/c(=C\NCC)nc(-c2cnn(C)c2)n1C1CCOCC1. The van der Waals surface area contributed by atoms with E-state index in [2.05, 4.69) is 28.5 Å². The Morgan fingerprint density at radius 2 is 2.23 bits per heavy atom. The van der Waals surface area contributed by atoms with Gasteiger partial charge in [0, 0.05) is 45.2 Å². The van der Waals surface area contributed by atoms with Crippen molar-refractivity contribution in [3.05, 3.63) is 23.1 Å². The lowest BCUT2D eigenvalue weighted by molar-refractivity contribution is 0.0693. The lowest BCUT2D eigenvalue weighted by Crippen LogP contribution is -2.34. The Labute approximate surface area is 130 Å². The maximum Gasteiger partial charge on any atom is 0.144 e. The third-order valence-corrected chi connectivity index (χ3v) is 4.00. The van der Waals surface area contributed by atoms with Gasteiger partial charge in [-0.25, -0.2) is 4.98 Å². The summed E-state index contributed by atoms with van der Waals surface area (Å²) in [5.41, 5.74) is 1.02. The van der Waals surface area contributed by atoms with Crippen molar-refractivity contribution < 1.29 is 4.74 Å². The van der Waals surface area contributed by atoms with E-state index in [1.165, 1.54) is 0 Å². The van der Waals surface area contributed by atoms with Crippen molar-refractivity contribution in [1.82, 2.24) is 24.6 Å². The third-order valence-electron chi connectivity index (χ3n) is 4.00. The number of aromatic nitrogens is 4. The fourth-order valence-electron chi connectivity index (χ4n) is 2.88. The molecule has 0 aliphatic carbocycles. The summed E-state index contributed by atoms with van der Waals surface area (Å²) in [5, 5.41) is 9.34. The van der Waals surface area contributed by atoms with Crippen LogP contribution >= 0.6 is 0 Å². The van der Waals surface area contributed by atoms with Crippen LogP contribution in [0.25, 0.3) is 24.2 Å². The van der Waals surface area contributed by atoms with Gasteiger partial charge >= 0.3 is 0 Å². The van der Waals surface area contributed by atoms with Gasteiger partial charge in [0.25, 0.3) is 0 Å². The van der Waals surface area contributed by atoms with Crippen molar-refractivity contribution in [2.75, 3.05) is 19.8 Å². The van der Waals surface area contributed by atoms with Gasteiger partial charge in [-0.3, -0.25) is 4.68 Å². The Morgan fingerprint density at radius 1 is 1.45 bits per heavy atom. The molecule has 3 rings (SSSR count). The smallest absolute Gasteiger partial charge is 0.144 e. The lowest BCUT2D eigenvalue weighted by atomic mass is 10.1. The first-order valence-electron chi connectivity index (χ1n) is 7.78. The lowest BCUT2D eigenvalue weighted by Gasteiger charge is -2.25. The Balaban J connectivity index is 2.12. The van der Waals surface area contributed by atoms with Crippen molar-refractivity contribution >= 4 is 12.8 Å². The minimum Gasteiger partial charge on any atom is -0.389 e. The number of hydrogen-bond acceptors (Lipinski definition) is 4. The normalized spacial score (nSPS) is 17.1. The molecule has 1 saturated heterocycles. The average Bonchev–Trinajstić information content (AvgIpc) is 3.10. The summed E-state index contributed by atoms with van der Waals surface area (Å²) in [5.74, 6) is 0.939. The molecule has 1 N–H and O–H groups in total. The molecule has 6 heteroatoms. The summed E-state index contributed by atoms with van der Waals surface area (Å²) in [6, 6.07) is 0.382. The van der Waals surface area contributed by atoms with Crippen LogP contribution in [0.5, 0.6) is 0 Å². The molecule has 0 radical (unpaired) electrons.